The molecule has 4 heteroatoms. The summed E-state index contributed by atoms with van der Waals surface area (Å²) in [5.74, 6) is 1.84. The summed E-state index contributed by atoms with van der Waals surface area (Å²) < 4.78 is 0. The van der Waals surface area contributed by atoms with Gasteiger partial charge in [0, 0.05) is 37.8 Å². The summed E-state index contributed by atoms with van der Waals surface area (Å²) in [6.45, 7) is 5.84. The number of hydrogen-bond acceptors (Lipinski definition) is 4. The standard InChI is InChI=1S/C28H28N4/c1-22-29-26(23-11-5-2-6-12-23)21-27(30-22)31-17-19-32(20-18-31)28(24-13-7-3-8-14-24)25-15-9-4-10-16-25/h2-16,21,28H,17-20H2,1H3. The molecule has 0 N–H and O–H groups in total. The van der Waals surface area contributed by atoms with Crippen LogP contribution in [0.2, 0.25) is 0 Å². The molecule has 1 fully saturated rings. The van der Waals surface area contributed by atoms with Gasteiger partial charge < -0.3 is 4.90 Å². The number of aromatic nitrogens is 2. The van der Waals surface area contributed by atoms with Crippen LogP contribution >= 0.6 is 0 Å². The van der Waals surface area contributed by atoms with Gasteiger partial charge in [0.05, 0.1) is 11.7 Å². The van der Waals surface area contributed by atoms with E-state index in [1.807, 2.05) is 13.0 Å². The molecule has 0 amide bonds. The van der Waals surface area contributed by atoms with E-state index in [2.05, 4.69) is 106 Å². The molecule has 0 radical (unpaired) electrons. The van der Waals surface area contributed by atoms with Gasteiger partial charge in [0.25, 0.3) is 0 Å². The third-order valence-electron chi connectivity index (χ3n) is 6.13. The lowest BCUT2D eigenvalue weighted by atomic mass is 9.96. The Morgan fingerprint density at radius 2 is 1.19 bits per heavy atom. The number of nitrogens with zero attached hydrogens (tertiary/aromatic N) is 4. The summed E-state index contributed by atoms with van der Waals surface area (Å²) in [6.07, 6.45) is 0. The number of rotatable bonds is 5. The predicted octanol–water partition coefficient (Wildman–Crippen LogP) is 5.36. The first kappa shape index (κ1) is 20.4. The maximum Gasteiger partial charge on any atom is 0.132 e. The fourth-order valence-corrected chi connectivity index (χ4v) is 4.56. The Hall–Kier alpha value is -3.50. The highest BCUT2D eigenvalue weighted by Gasteiger charge is 2.27. The summed E-state index contributed by atoms with van der Waals surface area (Å²) in [5, 5.41) is 0. The van der Waals surface area contributed by atoms with E-state index in [-0.39, 0.29) is 6.04 Å². The molecule has 0 atom stereocenters. The normalized spacial score (nSPS) is 14.6. The van der Waals surface area contributed by atoms with Crippen LogP contribution in [0.5, 0.6) is 0 Å². The largest absolute Gasteiger partial charge is 0.354 e. The van der Waals surface area contributed by atoms with Gasteiger partial charge in [0.1, 0.15) is 11.6 Å². The van der Waals surface area contributed by atoms with Crippen molar-refractivity contribution in [2.45, 2.75) is 13.0 Å². The highest BCUT2D eigenvalue weighted by molar-refractivity contribution is 5.63. The molecule has 3 aromatic carbocycles. The third-order valence-corrected chi connectivity index (χ3v) is 6.13. The van der Waals surface area contributed by atoms with E-state index in [9.17, 15) is 0 Å². The van der Waals surface area contributed by atoms with Crippen LogP contribution in [0.3, 0.4) is 0 Å². The zero-order valence-electron chi connectivity index (χ0n) is 18.4. The van der Waals surface area contributed by atoms with E-state index in [1.54, 1.807) is 0 Å². The van der Waals surface area contributed by atoms with Crippen LogP contribution in [0, 0.1) is 6.92 Å². The first-order chi connectivity index (χ1) is 15.8. The molecule has 0 unspecified atom stereocenters. The highest BCUT2D eigenvalue weighted by atomic mass is 15.3. The van der Waals surface area contributed by atoms with Crippen molar-refractivity contribution in [1.82, 2.24) is 14.9 Å². The minimum Gasteiger partial charge on any atom is -0.354 e. The molecular weight excluding hydrogens is 392 g/mol. The molecule has 0 bridgehead atoms. The van der Waals surface area contributed by atoms with Gasteiger partial charge in [0.15, 0.2) is 0 Å². The lowest BCUT2D eigenvalue weighted by Crippen LogP contribution is -2.48. The fraction of sp³-hybridized carbons (Fsp3) is 0.214. The van der Waals surface area contributed by atoms with Crippen molar-refractivity contribution in [3.63, 3.8) is 0 Å². The maximum atomic E-state index is 4.77. The second-order valence-corrected chi connectivity index (χ2v) is 8.27. The fourth-order valence-electron chi connectivity index (χ4n) is 4.56. The Balaban J connectivity index is 1.37. The molecule has 1 aromatic heterocycles. The monoisotopic (exact) mass is 420 g/mol. The van der Waals surface area contributed by atoms with Crippen molar-refractivity contribution in [2.24, 2.45) is 0 Å². The van der Waals surface area contributed by atoms with E-state index in [4.69, 9.17) is 4.98 Å². The number of benzene rings is 3. The zero-order chi connectivity index (χ0) is 21.8. The number of piperazine rings is 1. The number of aryl methyl sites for hydroxylation is 1. The Morgan fingerprint density at radius 3 is 1.75 bits per heavy atom. The Labute approximate surface area is 190 Å². The van der Waals surface area contributed by atoms with Crippen LogP contribution in [0.4, 0.5) is 5.82 Å². The van der Waals surface area contributed by atoms with Gasteiger partial charge in [0.2, 0.25) is 0 Å². The Morgan fingerprint density at radius 1 is 0.656 bits per heavy atom. The number of hydrogen-bond donors (Lipinski definition) is 0. The van der Waals surface area contributed by atoms with Gasteiger partial charge in [-0.1, -0.05) is 91.0 Å². The number of anilines is 1. The average Bonchev–Trinajstić information content (AvgIpc) is 2.86. The van der Waals surface area contributed by atoms with Crippen LogP contribution in [0.15, 0.2) is 97.1 Å². The molecule has 1 aliphatic rings. The van der Waals surface area contributed by atoms with Gasteiger partial charge >= 0.3 is 0 Å². The Bertz CT molecular complexity index is 1100. The second-order valence-electron chi connectivity index (χ2n) is 8.27. The summed E-state index contributed by atoms with van der Waals surface area (Å²) in [4.78, 5) is 14.4. The summed E-state index contributed by atoms with van der Waals surface area (Å²) in [5.41, 5.74) is 4.81. The van der Waals surface area contributed by atoms with Gasteiger partial charge in [-0.15, -0.1) is 0 Å². The van der Waals surface area contributed by atoms with Crippen LogP contribution in [0.1, 0.15) is 23.0 Å². The van der Waals surface area contributed by atoms with Crippen molar-refractivity contribution in [3.8, 4) is 11.3 Å². The van der Waals surface area contributed by atoms with Crippen molar-refractivity contribution < 1.29 is 0 Å². The van der Waals surface area contributed by atoms with E-state index in [0.717, 1.165) is 49.1 Å². The molecule has 5 rings (SSSR count). The lowest BCUT2D eigenvalue weighted by Gasteiger charge is -2.40. The van der Waals surface area contributed by atoms with E-state index in [1.165, 1.54) is 11.1 Å². The summed E-state index contributed by atoms with van der Waals surface area (Å²) in [7, 11) is 0. The molecule has 0 spiro atoms. The Kier molecular flexibility index (Phi) is 5.95. The molecule has 160 valence electrons. The first-order valence-corrected chi connectivity index (χ1v) is 11.3. The zero-order valence-corrected chi connectivity index (χ0v) is 18.4. The molecular formula is C28H28N4. The van der Waals surface area contributed by atoms with E-state index in [0.29, 0.717) is 0 Å². The van der Waals surface area contributed by atoms with Crippen LogP contribution in [-0.4, -0.2) is 41.0 Å². The lowest BCUT2D eigenvalue weighted by molar-refractivity contribution is 0.212. The van der Waals surface area contributed by atoms with Crippen molar-refractivity contribution >= 4 is 5.82 Å². The van der Waals surface area contributed by atoms with E-state index < -0.39 is 0 Å². The molecule has 32 heavy (non-hydrogen) atoms. The van der Waals surface area contributed by atoms with Crippen molar-refractivity contribution in [3.05, 3.63) is 114 Å². The van der Waals surface area contributed by atoms with Gasteiger partial charge in [-0.25, -0.2) is 9.97 Å². The average molecular weight is 421 g/mol. The molecule has 1 aliphatic heterocycles. The first-order valence-electron chi connectivity index (χ1n) is 11.3. The molecule has 1 saturated heterocycles. The second kappa shape index (κ2) is 9.33. The molecule has 0 saturated carbocycles. The highest BCUT2D eigenvalue weighted by Crippen LogP contribution is 2.30. The van der Waals surface area contributed by atoms with Gasteiger partial charge in [-0.05, 0) is 18.1 Å². The molecule has 2 heterocycles. The summed E-state index contributed by atoms with van der Waals surface area (Å²) >= 11 is 0. The maximum absolute atomic E-state index is 4.77. The third kappa shape index (κ3) is 4.41. The SMILES string of the molecule is Cc1nc(-c2ccccc2)cc(N2CCN(C(c3ccccc3)c3ccccc3)CC2)n1. The molecule has 4 aromatic rings. The van der Waals surface area contributed by atoms with Crippen LogP contribution < -0.4 is 4.90 Å². The van der Waals surface area contributed by atoms with E-state index >= 15 is 0 Å². The molecule has 4 nitrogen and oxygen atoms in total. The smallest absolute Gasteiger partial charge is 0.132 e. The topological polar surface area (TPSA) is 32.3 Å². The minimum atomic E-state index is 0.270. The van der Waals surface area contributed by atoms with Gasteiger partial charge in [-0.2, -0.15) is 0 Å². The van der Waals surface area contributed by atoms with Gasteiger partial charge in [-0.3, -0.25) is 4.90 Å². The van der Waals surface area contributed by atoms with Crippen LogP contribution in [0.25, 0.3) is 11.3 Å². The predicted molar refractivity (Wildman–Crippen MR) is 131 cm³/mol. The van der Waals surface area contributed by atoms with Crippen LogP contribution in [-0.2, 0) is 0 Å². The molecule has 0 aliphatic carbocycles. The quantitative estimate of drug-likeness (QED) is 0.435. The minimum absolute atomic E-state index is 0.270. The van der Waals surface area contributed by atoms with Crippen molar-refractivity contribution in [1.29, 1.82) is 0 Å². The van der Waals surface area contributed by atoms with Crippen molar-refractivity contribution in [2.75, 3.05) is 31.1 Å². The summed E-state index contributed by atoms with van der Waals surface area (Å²) in [6, 6.07) is 34.4.